The number of sulfone groups is 1. The van der Waals surface area contributed by atoms with Crippen LogP contribution in [-0.2, 0) is 9.84 Å². The molecule has 0 saturated heterocycles. The van der Waals surface area contributed by atoms with Crippen molar-refractivity contribution in [3.05, 3.63) is 29.6 Å². The molecule has 0 fully saturated rings. The molecule has 0 aliphatic carbocycles. The van der Waals surface area contributed by atoms with E-state index < -0.39 is 15.7 Å². The van der Waals surface area contributed by atoms with Gasteiger partial charge < -0.3 is 4.74 Å². The first-order valence-electron chi connectivity index (χ1n) is 6.66. The predicted molar refractivity (Wildman–Crippen MR) is 83.1 cm³/mol. The average molecular weight is 333 g/mol. The molecule has 6 heteroatoms. The van der Waals surface area contributed by atoms with Crippen LogP contribution in [0.5, 0.6) is 5.75 Å². The summed E-state index contributed by atoms with van der Waals surface area (Å²) in [5.74, 6) is 5.70. The molecule has 116 valence electrons. The van der Waals surface area contributed by atoms with E-state index >= 15 is 0 Å². The molecule has 0 atom stereocenters. The van der Waals surface area contributed by atoms with E-state index in [4.69, 9.17) is 16.3 Å². The second-order valence-corrected chi connectivity index (χ2v) is 7.06. The van der Waals surface area contributed by atoms with Gasteiger partial charge in [0.2, 0.25) is 0 Å². The van der Waals surface area contributed by atoms with Gasteiger partial charge in [0.1, 0.15) is 18.2 Å². The lowest BCUT2D eigenvalue weighted by Crippen LogP contribution is -2.16. The van der Waals surface area contributed by atoms with Crippen LogP contribution in [-0.4, -0.2) is 32.4 Å². The molecule has 3 nitrogen and oxygen atoms in total. The van der Waals surface area contributed by atoms with Gasteiger partial charge in [-0.05, 0) is 18.6 Å². The highest BCUT2D eigenvalue weighted by Gasteiger charge is 2.10. The fourth-order valence-electron chi connectivity index (χ4n) is 1.59. The smallest absolute Gasteiger partial charge is 0.153 e. The van der Waals surface area contributed by atoms with Crippen LogP contribution in [0.3, 0.4) is 0 Å². The van der Waals surface area contributed by atoms with Gasteiger partial charge in [-0.3, -0.25) is 0 Å². The highest BCUT2D eigenvalue weighted by Crippen LogP contribution is 2.16. The maximum atomic E-state index is 13.7. The van der Waals surface area contributed by atoms with Crippen molar-refractivity contribution in [3.63, 3.8) is 0 Å². The first-order valence-corrected chi connectivity index (χ1v) is 9.01. The van der Waals surface area contributed by atoms with Crippen LogP contribution in [0.4, 0.5) is 4.39 Å². The summed E-state index contributed by atoms with van der Waals surface area (Å²) in [5.41, 5.74) is 0.270. The third-order valence-electron chi connectivity index (χ3n) is 2.56. The number of rotatable bonds is 7. The second kappa shape index (κ2) is 8.91. The molecule has 0 N–H and O–H groups in total. The highest BCUT2D eigenvalue weighted by molar-refractivity contribution is 7.91. The van der Waals surface area contributed by atoms with Gasteiger partial charge in [-0.1, -0.05) is 18.8 Å². The topological polar surface area (TPSA) is 43.4 Å². The number of halogens is 2. The number of benzene rings is 1. The molecule has 0 aromatic heterocycles. The Morgan fingerprint density at radius 2 is 2.10 bits per heavy atom. The monoisotopic (exact) mass is 332 g/mol. The Kier molecular flexibility index (Phi) is 7.55. The van der Waals surface area contributed by atoms with E-state index in [0.29, 0.717) is 24.5 Å². The number of alkyl halides is 1. The molecule has 0 amide bonds. The number of hydrogen-bond donors (Lipinski definition) is 0. The van der Waals surface area contributed by atoms with Crippen molar-refractivity contribution in [2.45, 2.75) is 19.8 Å². The molecular weight excluding hydrogens is 315 g/mol. The molecule has 1 aromatic rings. The number of ether oxygens (including phenoxy) is 1. The molecule has 0 saturated carbocycles. The van der Waals surface area contributed by atoms with Crippen LogP contribution in [0.1, 0.15) is 25.3 Å². The Bertz CT molecular complexity index is 618. The van der Waals surface area contributed by atoms with Crippen molar-refractivity contribution in [1.82, 2.24) is 0 Å². The zero-order chi connectivity index (χ0) is 15.7. The number of hydrogen-bond acceptors (Lipinski definition) is 3. The Hall–Kier alpha value is -1.25. The van der Waals surface area contributed by atoms with Crippen molar-refractivity contribution in [3.8, 4) is 17.6 Å². The normalized spacial score (nSPS) is 10.8. The zero-order valence-corrected chi connectivity index (χ0v) is 13.4. The van der Waals surface area contributed by atoms with Gasteiger partial charge in [-0.15, -0.1) is 11.6 Å². The van der Waals surface area contributed by atoms with Gasteiger partial charge in [0, 0.05) is 18.4 Å². The molecule has 0 spiro atoms. The maximum absolute atomic E-state index is 13.7. The van der Waals surface area contributed by atoms with Crippen LogP contribution >= 0.6 is 11.6 Å². The van der Waals surface area contributed by atoms with Gasteiger partial charge >= 0.3 is 0 Å². The van der Waals surface area contributed by atoms with Crippen molar-refractivity contribution in [1.29, 1.82) is 0 Å². The first kappa shape index (κ1) is 17.8. The summed E-state index contributed by atoms with van der Waals surface area (Å²) < 4.78 is 42.0. The largest absolute Gasteiger partial charge is 0.492 e. The van der Waals surface area contributed by atoms with Gasteiger partial charge in [-0.25, -0.2) is 12.8 Å². The Balaban J connectivity index is 2.59. The third kappa shape index (κ3) is 6.83. The van der Waals surface area contributed by atoms with E-state index in [-0.39, 0.29) is 23.7 Å². The summed E-state index contributed by atoms with van der Waals surface area (Å²) in [6, 6.07) is 4.28. The van der Waals surface area contributed by atoms with E-state index in [1.54, 1.807) is 13.0 Å². The SMILES string of the molecule is CCCS(=O)(=O)CCOc1ccc(C#CCCCl)c(F)c1. The lowest BCUT2D eigenvalue weighted by molar-refractivity contribution is 0.339. The summed E-state index contributed by atoms with van der Waals surface area (Å²) in [6.07, 6.45) is 1.07. The van der Waals surface area contributed by atoms with E-state index in [1.165, 1.54) is 12.1 Å². The maximum Gasteiger partial charge on any atom is 0.153 e. The summed E-state index contributed by atoms with van der Waals surface area (Å²) >= 11 is 5.48. The minimum atomic E-state index is -3.09. The van der Waals surface area contributed by atoms with Gasteiger partial charge in [0.15, 0.2) is 9.84 Å². The fraction of sp³-hybridized carbons (Fsp3) is 0.467. The van der Waals surface area contributed by atoms with Crippen LogP contribution in [0.2, 0.25) is 0 Å². The molecule has 1 rings (SSSR count). The van der Waals surface area contributed by atoms with E-state index in [2.05, 4.69) is 11.8 Å². The van der Waals surface area contributed by atoms with E-state index in [0.717, 1.165) is 0 Å². The first-order chi connectivity index (χ1) is 9.98. The molecule has 0 bridgehead atoms. The summed E-state index contributed by atoms with van der Waals surface area (Å²) in [4.78, 5) is 0. The molecule has 0 unspecified atom stereocenters. The average Bonchev–Trinajstić information content (AvgIpc) is 2.41. The zero-order valence-electron chi connectivity index (χ0n) is 11.9. The molecule has 21 heavy (non-hydrogen) atoms. The molecule has 0 aliphatic heterocycles. The predicted octanol–water partition coefficient (Wildman–Crippen LogP) is 3.01. The van der Waals surface area contributed by atoms with Crippen LogP contribution < -0.4 is 4.74 Å². The molecule has 0 heterocycles. The van der Waals surface area contributed by atoms with Crippen molar-refractivity contribution < 1.29 is 17.5 Å². The van der Waals surface area contributed by atoms with Crippen molar-refractivity contribution >= 4 is 21.4 Å². The molecule has 0 aliphatic rings. The molecule has 0 radical (unpaired) electrons. The molecule has 1 aromatic carbocycles. The van der Waals surface area contributed by atoms with E-state index in [9.17, 15) is 12.8 Å². The van der Waals surface area contributed by atoms with Gasteiger partial charge in [-0.2, -0.15) is 0 Å². The summed E-state index contributed by atoms with van der Waals surface area (Å²) in [6.45, 7) is 1.82. The van der Waals surface area contributed by atoms with Crippen molar-refractivity contribution in [2.24, 2.45) is 0 Å². The Morgan fingerprint density at radius 1 is 1.33 bits per heavy atom. The standard InChI is InChI=1S/C15H18ClFO3S/c1-2-10-21(18,19)11-9-20-14-7-6-13(15(17)12-14)5-3-4-8-16/h6-7,12H,2,4,8-11H2,1H3. The minimum Gasteiger partial charge on any atom is -0.492 e. The van der Waals surface area contributed by atoms with Crippen LogP contribution in [0.15, 0.2) is 18.2 Å². The quantitative estimate of drug-likeness (QED) is 0.569. The molecular formula is C15H18ClFO3S. The highest BCUT2D eigenvalue weighted by atomic mass is 35.5. The second-order valence-electron chi connectivity index (χ2n) is 4.38. The van der Waals surface area contributed by atoms with E-state index in [1.807, 2.05) is 0 Å². The fourth-order valence-corrected chi connectivity index (χ4v) is 2.85. The van der Waals surface area contributed by atoms with Crippen LogP contribution in [0, 0.1) is 17.7 Å². The Morgan fingerprint density at radius 3 is 2.71 bits per heavy atom. The van der Waals surface area contributed by atoms with Gasteiger partial charge in [0.25, 0.3) is 0 Å². The Labute approximate surface area is 130 Å². The van der Waals surface area contributed by atoms with Crippen molar-refractivity contribution in [2.75, 3.05) is 24.0 Å². The minimum absolute atomic E-state index is 0.0129. The summed E-state index contributed by atoms with van der Waals surface area (Å²) in [5, 5.41) is 0. The van der Waals surface area contributed by atoms with Gasteiger partial charge in [0.05, 0.1) is 17.1 Å². The lowest BCUT2D eigenvalue weighted by Gasteiger charge is -2.07. The summed E-state index contributed by atoms with van der Waals surface area (Å²) in [7, 11) is -3.09. The van der Waals surface area contributed by atoms with Crippen LogP contribution in [0.25, 0.3) is 0 Å². The lowest BCUT2D eigenvalue weighted by atomic mass is 10.2. The third-order valence-corrected chi connectivity index (χ3v) is 4.57.